The van der Waals surface area contributed by atoms with Crippen molar-refractivity contribution >= 4 is 27.7 Å². The average Bonchev–Trinajstić information content (AvgIpc) is 2.49. The van der Waals surface area contributed by atoms with Gasteiger partial charge in [-0.05, 0) is 37.1 Å². The number of nitrogens with zero attached hydrogens (tertiary/aromatic N) is 1. The molecule has 1 saturated heterocycles. The molecule has 5 heteroatoms. The molecule has 1 aliphatic heterocycles. The van der Waals surface area contributed by atoms with Crippen LogP contribution in [-0.2, 0) is 9.59 Å². The summed E-state index contributed by atoms with van der Waals surface area (Å²) in [4.78, 5) is 25.2. The van der Waals surface area contributed by atoms with Crippen molar-refractivity contribution < 1.29 is 14.3 Å². The molecule has 0 radical (unpaired) electrons. The van der Waals surface area contributed by atoms with E-state index in [0.29, 0.717) is 13.2 Å². The Morgan fingerprint density at radius 1 is 1.11 bits per heavy atom. The highest BCUT2D eigenvalue weighted by molar-refractivity contribution is 9.10. The zero-order valence-corrected chi connectivity index (χ0v) is 11.9. The molecule has 0 spiro atoms. The third kappa shape index (κ3) is 2.27. The quantitative estimate of drug-likeness (QED) is 0.798. The van der Waals surface area contributed by atoms with Gasteiger partial charge in [0.2, 0.25) is 11.8 Å². The number of ether oxygens (including phenoxy) is 1. The monoisotopic (exact) mass is 323 g/mol. The molecule has 2 fully saturated rings. The minimum atomic E-state index is -0.0415. The summed E-state index contributed by atoms with van der Waals surface area (Å²) < 4.78 is 6.53. The number of carbonyl (C=O) groups is 2. The Morgan fingerprint density at radius 3 is 2.21 bits per heavy atom. The maximum atomic E-state index is 11.9. The van der Waals surface area contributed by atoms with Crippen LogP contribution in [0.25, 0.3) is 0 Å². The van der Waals surface area contributed by atoms with Crippen LogP contribution in [-0.4, -0.2) is 29.9 Å². The van der Waals surface area contributed by atoms with E-state index in [2.05, 4.69) is 15.9 Å². The number of halogens is 1. The third-order valence-electron chi connectivity index (χ3n) is 3.84. The van der Waals surface area contributed by atoms with Crippen LogP contribution in [0, 0.1) is 11.8 Å². The number of carbonyl (C=O) groups excluding carboxylic acids is 2. The predicted molar refractivity (Wildman–Crippen MR) is 72.6 cm³/mol. The van der Waals surface area contributed by atoms with Crippen LogP contribution in [0.3, 0.4) is 0 Å². The van der Waals surface area contributed by atoms with Crippen LogP contribution in [0.4, 0.5) is 0 Å². The zero-order chi connectivity index (χ0) is 13.4. The minimum Gasteiger partial charge on any atom is -0.492 e. The van der Waals surface area contributed by atoms with E-state index >= 15 is 0 Å². The van der Waals surface area contributed by atoms with Crippen LogP contribution in [0.2, 0.25) is 0 Å². The molecule has 2 atom stereocenters. The Balaban J connectivity index is 1.54. The van der Waals surface area contributed by atoms with Gasteiger partial charge in [0.15, 0.2) is 0 Å². The molecule has 19 heavy (non-hydrogen) atoms. The van der Waals surface area contributed by atoms with E-state index in [9.17, 15) is 9.59 Å². The number of amides is 2. The summed E-state index contributed by atoms with van der Waals surface area (Å²) >= 11 is 3.35. The maximum absolute atomic E-state index is 11.9. The lowest BCUT2D eigenvalue weighted by atomic mass is 9.76. The largest absolute Gasteiger partial charge is 0.492 e. The highest BCUT2D eigenvalue weighted by Gasteiger charge is 2.52. The van der Waals surface area contributed by atoms with Crippen molar-refractivity contribution in [2.24, 2.45) is 11.8 Å². The van der Waals surface area contributed by atoms with Gasteiger partial charge in [-0.25, -0.2) is 0 Å². The molecule has 0 unspecified atom stereocenters. The van der Waals surface area contributed by atoms with Crippen molar-refractivity contribution in [3.8, 4) is 5.75 Å². The molecule has 3 rings (SSSR count). The van der Waals surface area contributed by atoms with Gasteiger partial charge < -0.3 is 4.74 Å². The van der Waals surface area contributed by atoms with E-state index in [4.69, 9.17) is 4.74 Å². The fraction of sp³-hybridized carbons (Fsp3) is 0.429. The first-order chi connectivity index (χ1) is 9.16. The van der Waals surface area contributed by atoms with E-state index in [1.807, 2.05) is 24.3 Å². The lowest BCUT2D eigenvalue weighted by Crippen LogP contribution is -2.34. The van der Waals surface area contributed by atoms with Crippen molar-refractivity contribution in [2.75, 3.05) is 13.2 Å². The molecule has 1 saturated carbocycles. The van der Waals surface area contributed by atoms with Gasteiger partial charge in [-0.15, -0.1) is 0 Å². The molecule has 1 heterocycles. The summed E-state index contributed by atoms with van der Waals surface area (Å²) in [5.41, 5.74) is 0. The van der Waals surface area contributed by atoms with E-state index in [-0.39, 0.29) is 23.7 Å². The Hall–Kier alpha value is -1.36. The second-order valence-electron chi connectivity index (χ2n) is 4.92. The van der Waals surface area contributed by atoms with Gasteiger partial charge in [0, 0.05) is 4.47 Å². The van der Waals surface area contributed by atoms with Gasteiger partial charge in [-0.1, -0.05) is 15.9 Å². The summed E-state index contributed by atoms with van der Waals surface area (Å²) in [7, 11) is 0. The molecule has 2 amide bonds. The minimum absolute atomic E-state index is 0.0133. The summed E-state index contributed by atoms with van der Waals surface area (Å²) in [6, 6.07) is 7.48. The molecule has 1 aliphatic carbocycles. The van der Waals surface area contributed by atoms with Gasteiger partial charge in [-0.3, -0.25) is 14.5 Å². The summed E-state index contributed by atoms with van der Waals surface area (Å²) in [5, 5.41) is 0. The number of hydrogen-bond donors (Lipinski definition) is 0. The second-order valence-corrected chi connectivity index (χ2v) is 5.84. The van der Waals surface area contributed by atoms with Gasteiger partial charge in [0.05, 0.1) is 18.4 Å². The summed E-state index contributed by atoms with van der Waals surface area (Å²) in [5.74, 6) is 0.631. The van der Waals surface area contributed by atoms with Crippen molar-refractivity contribution in [2.45, 2.75) is 12.8 Å². The van der Waals surface area contributed by atoms with Crippen LogP contribution in [0.1, 0.15) is 12.8 Å². The molecule has 2 aliphatic rings. The molecular weight excluding hydrogens is 310 g/mol. The summed E-state index contributed by atoms with van der Waals surface area (Å²) in [6.45, 7) is 0.694. The van der Waals surface area contributed by atoms with Crippen molar-refractivity contribution in [1.29, 1.82) is 0 Å². The predicted octanol–water partition coefficient (Wildman–Crippen LogP) is 2.22. The highest BCUT2D eigenvalue weighted by Crippen LogP contribution is 2.42. The van der Waals surface area contributed by atoms with Crippen LogP contribution in [0.5, 0.6) is 5.75 Å². The number of imide groups is 1. The number of benzene rings is 1. The first kappa shape index (κ1) is 12.7. The maximum Gasteiger partial charge on any atom is 0.233 e. The standard InChI is InChI=1S/C14H14BrNO3/c15-9-1-3-10(4-2-9)19-8-7-16-13(17)11-5-6-12(11)14(16)18/h1-4,11-12H,5-8H2/t11-,12+. The number of rotatable bonds is 4. The SMILES string of the molecule is O=C1[C@H]2CC[C@H]2C(=O)N1CCOc1ccc(Br)cc1. The van der Waals surface area contributed by atoms with Crippen molar-refractivity contribution in [3.05, 3.63) is 28.7 Å². The lowest BCUT2D eigenvalue weighted by Gasteiger charge is -2.24. The fourth-order valence-corrected chi connectivity index (χ4v) is 2.87. The van der Waals surface area contributed by atoms with E-state index in [0.717, 1.165) is 23.1 Å². The molecular formula is C14H14BrNO3. The Bertz CT molecular complexity index is 492. The Kier molecular flexibility index (Phi) is 3.31. The third-order valence-corrected chi connectivity index (χ3v) is 4.37. The molecule has 0 aromatic heterocycles. The molecule has 1 aromatic rings. The van der Waals surface area contributed by atoms with Crippen LogP contribution in [0.15, 0.2) is 28.7 Å². The first-order valence-electron chi connectivity index (χ1n) is 6.40. The van der Waals surface area contributed by atoms with E-state index in [1.165, 1.54) is 4.90 Å². The molecule has 100 valence electrons. The van der Waals surface area contributed by atoms with Crippen LogP contribution >= 0.6 is 15.9 Å². The zero-order valence-electron chi connectivity index (χ0n) is 10.3. The number of hydrogen-bond acceptors (Lipinski definition) is 3. The van der Waals surface area contributed by atoms with Gasteiger partial charge in [0.1, 0.15) is 12.4 Å². The van der Waals surface area contributed by atoms with Gasteiger partial charge in [0.25, 0.3) is 0 Å². The van der Waals surface area contributed by atoms with Crippen molar-refractivity contribution in [3.63, 3.8) is 0 Å². The molecule has 0 N–H and O–H groups in total. The topological polar surface area (TPSA) is 46.6 Å². The smallest absolute Gasteiger partial charge is 0.233 e. The number of likely N-dealkylation sites (tertiary alicyclic amines) is 1. The van der Waals surface area contributed by atoms with Gasteiger partial charge in [-0.2, -0.15) is 0 Å². The fourth-order valence-electron chi connectivity index (χ4n) is 2.61. The molecule has 0 bridgehead atoms. The van der Waals surface area contributed by atoms with Crippen LogP contribution < -0.4 is 4.74 Å². The Morgan fingerprint density at radius 2 is 1.68 bits per heavy atom. The lowest BCUT2D eigenvalue weighted by molar-refractivity contribution is -0.139. The van der Waals surface area contributed by atoms with E-state index in [1.54, 1.807) is 0 Å². The molecule has 1 aromatic carbocycles. The highest BCUT2D eigenvalue weighted by atomic mass is 79.9. The van der Waals surface area contributed by atoms with Gasteiger partial charge >= 0.3 is 0 Å². The van der Waals surface area contributed by atoms with Crippen molar-refractivity contribution in [1.82, 2.24) is 4.90 Å². The average molecular weight is 324 g/mol. The summed E-state index contributed by atoms with van der Waals surface area (Å²) in [6.07, 6.45) is 1.72. The second kappa shape index (κ2) is 4.96. The first-order valence-corrected chi connectivity index (χ1v) is 7.20. The normalized spacial score (nSPS) is 25.2. The molecule has 4 nitrogen and oxygen atoms in total. The van der Waals surface area contributed by atoms with E-state index < -0.39 is 0 Å². The Labute approximate surface area is 119 Å². The number of fused-ring (bicyclic) bond motifs is 1.